The molecule has 0 fully saturated rings. The maximum atomic E-state index is 14.7. The molecule has 0 radical (unpaired) electrons. The minimum atomic E-state index is -4.81. The zero-order valence-electron chi connectivity index (χ0n) is 18.2. The van der Waals surface area contributed by atoms with Crippen molar-refractivity contribution in [1.29, 1.82) is 0 Å². The fourth-order valence-corrected chi connectivity index (χ4v) is 4.38. The SMILES string of the molecule is Cc1cc(SCc2nn(-c3ccc(OC(F)(F)F)cc3)c3c(F)cccc23)ccc1OCC(=O)O. The topological polar surface area (TPSA) is 73.6 Å². The summed E-state index contributed by atoms with van der Waals surface area (Å²) in [5.41, 5.74) is 1.94. The van der Waals surface area contributed by atoms with Crippen LogP contribution in [-0.4, -0.2) is 33.8 Å². The van der Waals surface area contributed by atoms with E-state index in [1.54, 1.807) is 31.2 Å². The quantitative estimate of drug-likeness (QED) is 0.229. The van der Waals surface area contributed by atoms with Gasteiger partial charge in [-0.3, -0.25) is 0 Å². The van der Waals surface area contributed by atoms with Crippen LogP contribution in [0.5, 0.6) is 11.5 Å². The molecule has 35 heavy (non-hydrogen) atoms. The number of carboxylic acid groups (broad SMARTS) is 1. The summed E-state index contributed by atoms with van der Waals surface area (Å²) in [6.45, 7) is 1.36. The highest BCUT2D eigenvalue weighted by Gasteiger charge is 2.31. The van der Waals surface area contributed by atoms with Crippen LogP contribution in [0.1, 0.15) is 11.3 Å². The summed E-state index contributed by atoms with van der Waals surface area (Å²) in [6.07, 6.45) is -4.81. The van der Waals surface area contributed by atoms with Gasteiger partial charge >= 0.3 is 12.3 Å². The molecule has 0 saturated heterocycles. The van der Waals surface area contributed by atoms with Crippen molar-refractivity contribution in [2.24, 2.45) is 0 Å². The van der Waals surface area contributed by atoms with E-state index in [4.69, 9.17) is 9.84 Å². The van der Waals surface area contributed by atoms with Gasteiger partial charge in [-0.25, -0.2) is 13.9 Å². The van der Waals surface area contributed by atoms with Crippen LogP contribution in [0.4, 0.5) is 17.6 Å². The third-order valence-electron chi connectivity index (χ3n) is 4.92. The van der Waals surface area contributed by atoms with Crippen molar-refractivity contribution in [3.8, 4) is 17.2 Å². The van der Waals surface area contributed by atoms with Gasteiger partial charge in [0.15, 0.2) is 6.61 Å². The second-order valence-electron chi connectivity index (χ2n) is 7.43. The molecule has 4 rings (SSSR count). The summed E-state index contributed by atoms with van der Waals surface area (Å²) in [5, 5.41) is 13.9. The van der Waals surface area contributed by atoms with Crippen LogP contribution < -0.4 is 9.47 Å². The molecule has 1 aromatic heterocycles. The van der Waals surface area contributed by atoms with Gasteiger partial charge in [0, 0.05) is 16.0 Å². The first kappa shape index (κ1) is 24.4. The van der Waals surface area contributed by atoms with Crippen molar-refractivity contribution in [2.45, 2.75) is 23.9 Å². The molecule has 3 aromatic carbocycles. The third-order valence-corrected chi connectivity index (χ3v) is 5.92. The van der Waals surface area contributed by atoms with E-state index in [1.807, 2.05) is 6.07 Å². The lowest BCUT2D eigenvalue weighted by molar-refractivity contribution is -0.274. The molecule has 0 saturated carbocycles. The van der Waals surface area contributed by atoms with Crippen molar-refractivity contribution < 1.29 is 36.9 Å². The number of benzene rings is 3. The van der Waals surface area contributed by atoms with E-state index in [-0.39, 0.29) is 11.3 Å². The van der Waals surface area contributed by atoms with Crippen LogP contribution in [0.25, 0.3) is 16.6 Å². The van der Waals surface area contributed by atoms with Crippen molar-refractivity contribution in [3.05, 3.63) is 77.7 Å². The van der Waals surface area contributed by atoms with Gasteiger partial charge < -0.3 is 14.6 Å². The molecule has 0 atom stereocenters. The number of alkyl halides is 3. The van der Waals surface area contributed by atoms with E-state index in [1.165, 1.54) is 34.6 Å². The Morgan fingerprint density at radius 3 is 2.51 bits per heavy atom. The predicted octanol–water partition coefficient (Wildman–Crippen LogP) is 6.13. The van der Waals surface area contributed by atoms with Gasteiger partial charge in [-0.1, -0.05) is 12.1 Å². The van der Waals surface area contributed by atoms with E-state index >= 15 is 0 Å². The Kier molecular flexibility index (Phi) is 6.88. The number of rotatable bonds is 8. The fourth-order valence-electron chi connectivity index (χ4n) is 3.44. The maximum absolute atomic E-state index is 14.7. The van der Waals surface area contributed by atoms with E-state index in [2.05, 4.69) is 9.84 Å². The normalized spacial score (nSPS) is 11.6. The summed E-state index contributed by atoms with van der Waals surface area (Å²) in [5.74, 6) is -1.12. The summed E-state index contributed by atoms with van der Waals surface area (Å²) in [7, 11) is 0. The molecular weight excluding hydrogens is 488 g/mol. The lowest BCUT2D eigenvalue weighted by Gasteiger charge is -2.10. The van der Waals surface area contributed by atoms with Gasteiger partial charge in [-0.2, -0.15) is 5.10 Å². The molecule has 182 valence electrons. The Morgan fingerprint density at radius 2 is 1.86 bits per heavy atom. The molecule has 0 unspecified atom stereocenters. The smallest absolute Gasteiger partial charge is 0.482 e. The van der Waals surface area contributed by atoms with Crippen LogP contribution in [0.2, 0.25) is 0 Å². The molecule has 0 bridgehead atoms. The summed E-state index contributed by atoms with van der Waals surface area (Å²) >= 11 is 1.44. The van der Waals surface area contributed by atoms with Gasteiger partial charge in [0.25, 0.3) is 0 Å². The number of aliphatic carboxylic acids is 1. The minimum absolute atomic E-state index is 0.209. The molecule has 11 heteroatoms. The fraction of sp³-hybridized carbons (Fsp3) is 0.167. The van der Waals surface area contributed by atoms with Crippen molar-refractivity contribution in [2.75, 3.05) is 6.61 Å². The number of aromatic nitrogens is 2. The van der Waals surface area contributed by atoms with Gasteiger partial charge in [0.1, 0.15) is 22.8 Å². The predicted molar refractivity (Wildman–Crippen MR) is 122 cm³/mol. The number of fused-ring (bicyclic) bond motifs is 1. The number of ether oxygens (including phenoxy) is 2. The molecule has 6 nitrogen and oxygen atoms in total. The Labute approximate surface area is 201 Å². The first-order valence-corrected chi connectivity index (χ1v) is 11.2. The average molecular weight is 506 g/mol. The number of thioether (sulfide) groups is 1. The molecule has 0 spiro atoms. The third kappa shape index (κ3) is 5.86. The average Bonchev–Trinajstić information content (AvgIpc) is 3.16. The van der Waals surface area contributed by atoms with Gasteiger partial charge in [0.2, 0.25) is 0 Å². The van der Waals surface area contributed by atoms with Crippen molar-refractivity contribution >= 4 is 28.6 Å². The second kappa shape index (κ2) is 9.87. The number of nitrogens with zero attached hydrogens (tertiary/aromatic N) is 2. The second-order valence-corrected chi connectivity index (χ2v) is 8.48. The Hall–Kier alpha value is -3.73. The number of halogens is 4. The van der Waals surface area contributed by atoms with Crippen LogP contribution in [0.3, 0.4) is 0 Å². The standard InChI is InChI=1S/C24H18F4N2O4S/c1-14-11-17(9-10-21(14)33-12-22(31)32)35-13-20-18-3-2-4-19(25)23(18)30(29-20)15-5-7-16(8-6-15)34-24(26,27)28/h2-11H,12-13H2,1H3,(H,31,32). The number of carboxylic acids is 1. The van der Waals surface area contributed by atoms with Gasteiger partial charge in [-0.05, 0) is 61.0 Å². The highest BCUT2D eigenvalue weighted by Crippen LogP contribution is 2.32. The molecule has 1 N–H and O–H groups in total. The van der Waals surface area contributed by atoms with E-state index in [0.29, 0.717) is 28.3 Å². The number of hydrogen-bond donors (Lipinski definition) is 1. The van der Waals surface area contributed by atoms with Crippen molar-refractivity contribution in [3.63, 3.8) is 0 Å². The molecule has 4 aromatic rings. The zero-order chi connectivity index (χ0) is 25.2. The first-order chi connectivity index (χ1) is 16.6. The zero-order valence-corrected chi connectivity index (χ0v) is 19.0. The largest absolute Gasteiger partial charge is 0.573 e. The van der Waals surface area contributed by atoms with Gasteiger partial charge in [0.05, 0.1) is 11.4 Å². The molecule has 0 aliphatic heterocycles. The van der Waals surface area contributed by atoms with Crippen LogP contribution >= 0.6 is 11.8 Å². The number of aryl methyl sites for hydroxylation is 1. The molecule has 0 aliphatic carbocycles. The van der Waals surface area contributed by atoms with Crippen LogP contribution in [0.15, 0.2) is 65.6 Å². The Balaban J connectivity index is 1.59. The lowest BCUT2D eigenvalue weighted by atomic mass is 10.2. The molecule has 0 aliphatic rings. The number of carbonyl (C=O) groups is 1. The highest BCUT2D eigenvalue weighted by atomic mass is 32.2. The summed E-state index contributed by atoms with van der Waals surface area (Å²) in [4.78, 5) is 11.6. The minimum Gasteiger partial charge on any atom is -0.482 e. The van der Waals surface area contributed by atoms with E-state index in [0.717, 1.165) is 22.6 Å². The number of para-hydroxylation sites is 1. The highest BCUT2D eigenvalue weighted by molar-refractivity contribution is 7.98. The molecular formula is C24H18F4N2O4S. The van der Waals surface area contributed by atoms with Crippen molar-refractivity contribution in [1.82, 2.24) is 9.78 Å². The first-order valence-electron chi connectivity index (χ1n) is 10.2. The lowest BCUT2D eigenvalue weighted by Crippen LogP contribution is -2.17. The van der Waals surface area contributed by atoms with E-state index in [9.17, 15) is 22.4 Å². The van der Waals surface area contributed by atoms with E-state index < -0.39 is 24.8 Å². The molecule has 1 heterocycles. The maximum Gasteiger partial charge on any atom is 0.573 e. The summed E-state index contributed by atoms with van der Waals surface area (Å²) in [6, 6.07) is 14.9. The monoisotopic (exact) mass is 506 g/mol. The summed E-state index contributed by atoms with van der Waals surface area (Å²) < 4.78 is 62.6. The van der Waals surface area contributed by atoms with Crippen LogP contribution in [-0.2, 0) is 10.5 Å². The molecule has 0 amide bonds. The Morgan fingerprint density at radius 1 is 1.11 bits per heavy atom. The Bertz CT molecular complexity index is 1370. The van der Waals surface area contributed by atoms with Crippen LogP contribution in [0, 0.1) is 12.7 Å². The number of hydrogen-bond acceptors (Lipinski definition) is 5. The van der Waals surface area contributed by atoms with Gasteiger partial charge in [-0.15, -0.1) is 24.9 Å².